The average Bonchev–Trinajstić information content (AvgIpc) is 3.33. The van der Waals surface area contributed by atoms with Crippen molar-refractivity contribution < 1.29 is 23.9 Å². The number of hydrogen-bond donors (Lipinski definition) is 1. The minimum atomic E-state index is -0.852. The molecule has 3 rings (SSSR count). The van der Waals surface area contributed by atoms with E-state index in [4.69, 9.17) is 9.47 Å². The number of nitrogens with one attached hydrogen (secondary N) is 1. The van der Waals surface area contributed by atoms with E-state index in [-0.39, 0.29) is 25.1 Å². The minimum absolute atomic E-state index is 0.195. The second kappa shape index (κ2) is 9.01. The van der Waals surface area contributed by atoms with Crippen LogP contribution >= 0.6 is 0 Å². The zero-order valence-corrected chi connectivity index (χ0v) is 18.1. The average molecular weight is 421 g/mol. The fourth-order valence-corrected chi connectivity index (χ4v) is 3.94. The van der Waals surface area contributed by atoms with E-state index in [2.05, 4.69) is 15.6 Å². The summed E-state index contributed by atoms with van der Waals surface area (Å²) in [4.78, 5) is 39.7. The van der Waals surface area contributed by atoms with Crippen molar-refractivity contribution in [1.29, 1.82) is 0 Å². The predicted molar refractivity (Wildman–Crippen MR) is 106 cm³/mol. The van der Waals surface area contributed by atoms with Crippen LogP contribution in [0.3, 0.4) is 0 Å². The Morgan fingerprint density at radius 3 is 2.73 bits per heavy atom. The fraction of sp³-hybridized carbons (Fsp3) is 0.750. The summed E-state index contributed by atoms with van der Waals surface area (Å²) < 4.78 is 12.0. The SMILES string of the molecule is COC(=O)[C@@H]1C[C@@H]2CN1C(=O)[C@H](C(C)(C)C)NC(=O)OCCCCCc1cn2nn1. The second-order valence-corrected chi connectivity index (χ2v) is 9.00. The highest BCUT2D eigenvalue weighted by Crippen LogP contribution is 2.31. The van der Waals surface area contributed by atoms with Crippen molar-refractivity contribution in [2.45, 2.75) is 71.0 Å². The Bertz CT molecular complexity index is 787. The molecule has 1 fully saturated rings. The van der Waals surface area contributed by atoms with Gasteiger partial charge >= 0.3 is 12.1 Å². The molecule has 10 nitrogen and oxygen atoms in total. The molecule has 4 bridgehead atoms. The van der Waals surface area contributed by atoms with Crippen molar-refractivity contribution in [3.63, 3.8) is 0 Å². The van der Waals surface area contributed by atoms with Crippen molar-refractivity contribution in [3.8, 4) is 0 Å². The van der Waals surface area contributed by atoms with E-state index < -0.39 is 29.6 Å². The van der Waals surface area contributed by atoms with Gasteiger partial charge < -0.3 is 19.7 Å². The topological polar surface area (TPSA) is 116 Å². The maximum absolute atomic E-state index is 13.5. The standard InChI is InChI=1S/C20H31N5O5/c1-20(2,3)16-17(26)24-12-14(10-15(24)18(27)29-4)25-11-13(22-23-25)8-6-5-7-9-30-19(28)21-16/h11,14-16H,5-10,12H2,1-4H3,(H,21,28)/t14-,15+,16-/m1/s1. The Kier molecular flexibility index (Phi) is 6.62. The lowest BCUT2D eigenvalue weighted by molar-refractivity contribution is -0.152. The van der Waals surface area contributed by atoms with Gasteiger partial charge in [0.1, 0.15) is 12.1 Å². The van der Waals surface area contributed by atoms with E-state index in [1.165, 1.54) is 12.0 Å². The molecular formula is C20H31N5O5. The molecule has 1 aromatic heterocycles. The molecule has 0 aliphatic carbocycles. The molecule has 2 aliphatic heterocycles. The van der Waals surface area contributed by atoms with Crippen molar-refractivity contribution in [3.05, 3.63) is 11.9 Å². The van der Waals surface area contributed by atoms with E-state index in [0.717, 1.165) is 31.4 Å². The van der Waals surface area contributed by atoms with E-state index in [1.54, 1.807) is 4.68 Å². The third-order valence-electron chi connectivity index (χ3n) is 5.65. The zero-order valence-electron chi connectivity index (χ0n) is 18.1. The summed E-state index contributed by atoms with van der Waals surface area (Å²) in [7, 11) is 1.30. The van der Waals surface area contributed by atoms with Crippen molar-refractivity contribution in [1.82, 2.24) is 25.2 Å². The highest BCUT2D eigenvalue weighted by Gasteiger charge is 2.46. The van der Waals surface area contributed by atoms with Gasteiger partial charge in [-0.05, 0) is 31.1 Å². The summed E-state index contributed by atoms with van der Waals surface area (Å²) in [6, 6.07) is -1.80. The number of cyclic esters (lactones) is 1. The van der Waals surface area contributed by atoms with Crippen LogP contribution in [-0.2, 0) is 25.5 Å². The number of nitrogens with zero attached hydrogens (tertiary/aromatic N) is 4. The quantitative estimate of drug-likeness (QED) is 0.683. The van der Waals surface area contributed by atoms with Gasteiger partial charge in [0, 0.05) is 19.2 Å². The highest BCUT2D eigenvalue weighted by atomic mass is 16.5. The normalized spacial score (nSPS) is 26.1. The largest absolute Gasteiger partial charge is 0.467 e. The summed E-state index contributed by atoms with van der Waals surface area (Å²) in [6.45, 7) is 6.14. The number of hydrogen-bond acceptors (Lipinski definition) is 7. The van der Waals surface area contributed by atoms with Crippen LogP contribution < -0.4 is 5.32 Å². The molecule has 1 N–H and O–H groups in total. The lowest BCUT2D eigenvalue weighted by Gasteiger charge is -2.34. The molecule has 0 unspecified atom stereocenters. The molecule has 3 heterocycles. The molecule has 10 heteroatoms. The van der Waals surface area contributed by atoms with E-state index in [0.29, 0.717) is 6.42 Å². The summed E-state index contributed by atoms with van der Waals surface area (Å²) in [6.07, 6.45) is 4.94. The number of rotatable bonds is 1. The molecular weight excluding hydrogens is 390 g/mol. The molecule has 2 amide bonds. The van der Waals surface area contributed by atoms with Gasteiger partial charge in [0.15, 0.2) is 0 Å². The summed E-state index contributed by atoms with van der Waals surface area (Å²) in [5.41, 5.74) is 0.286. The Hall–Kier alpha value is -2.65. The summed E-state index contributed by atoms with van der Waals surface area (Å²) >= 11 is 0. The van der Waals surface area contributed by atoms with Gasteiger partial charge in [-0.15, -0.1) is 5.10 Å². The predicted octanol–water partition coefficient (Wildman–Crippen LogP) is 1.46. The van der Waals surface area contributed by atoms with E-state index >= 15 is 0 Å². The number of aryl methyl sites for hydroxylation is 1. The number of amides is 2. The van der Waals surface area contributed by atoms with Crippen LogP contribution in [0.25, 0.3) is 0 Å². The van der Waals surface area contributed by atoms with Gasteiger partial charge in [-0.25, -0.2) is 14.3 Å². The first kappa shape index (κ1) is 22.0. The van der Waals surface area contributed by atoms with Crippen LogP contribution in [0.1, 0.15) is 58.2 Å². The number of fused-ring (bicyclic) bond motifs is 5. The molecule has 0 radical (unpaired) electrons. The molecule has 2 aliphatic rings. The summed E-state index contributed by atoms with van der Waals surface area (Å²) in [5, 5.41) is 11.2. The zero-order chi connectivity index (χ0) is 21.9. The maximum atomic E-state index is 13.5. The van der Waals surface area contributed by atoms with Crippen molar-refractivity contribution in [2.24, 2.45) is 5.41 Å². The first-order valence-corrected chi connectivity index (χ1v) is 10.4. The Labute approximate surface area is 176 Å². The highest BCUT2D eigenvalue weighted by molar-refractivity contribution is 5.90. The number of aromatic nitrogens is 3. The van der Waals surface area contributed by atoms with Crippen LogP contribution in [0.5, 0.6) is 0 Å². The first-order valence-electron chi connectivity index (χ1n) is 10.4. The van der Waals surface area contributed by atoms with Gasteiger partial charge in [0.2, 0.25) is 5.91 Å². The number of carbonyl (C=O) groups is 3. The maximum Gasteiger partial charge on any atom is 0.407 e. The van der Waals surface area contributed by atoms with E-state index in [9.17, 15) is 14.4 Å². The van der Waals surface area contributed by atoms with Crippen LogP contribution in [0.2, 0.25) is 0 Å². The van der Waals surface area contributed by atoms with Crippen molar-refractivity contribution >= 4 is 18.0 Å². The van der Waals surface area contributed by atoms with Gasteiger partial charge in [-0.2, -0.15) is 0 Å². The van der Waals surface area contributed by atoms with Gasteiger partial charge in [0.25, 0.3) is 0 Å². The third-order valence-corrected chi connectivity index (χ3v) is 5.65. The monoisotopic (exact) mass is 421 g/mol. The number of alkyl carbamates (subject to hydrolysis) is 1. The molecule has 0 saturated carbocycles. The smallest absolute Gasteiger partial charge is 0.407 e. The van der Waals surface area contributed by atoms with Gasteiger partial charge in [0.05, 0.1) is 25.5 Å². The molecule has 30 heavy (non-hydrogen) atoms. The second-order valence-electron chi connectivity index (χ2n) is 9.00. The van der Waals surface area contributed by atoms with Crippen LogP contribution in [-0.4, -0.2) is 70.2 Å². The Morgan fingerprint density at radius 1 is 1.27 bits per heavy atom. The lowest BCUT2D eigenvalue weighted by Crippen LogP contribution is -2.57. The Morgan fingerprint density at radius 2 is 2.03 bits per heavy atom. The molecule has 0 aromatic carbocycles. The molecule has 1 saturated heterocycles. The van der Waals surface area contributed by atoms with Crippen LogP contribution in [0.4, 0.5) is 4.79 Å². The summed E-state index contributed by atoms with van der Waals surface area (Å²) in [5.74, 6) is -0.830. The third kappa shape index (κ3) is 4.91. The first-order chi connectivity index (χ1) is 14.2. The number of methoxy groups -OCH3 is 1. The molecule has 1 aromatic rings. The molecule has 0 spiro atoms. The number of carbonyl (C=O) groups excluding carboxylic acids is 3. The molecule has 166 valence electrons. The van der Waals surface area contributed by atoms with Crippen LogP contribution in [0, 0.1) is 5.41 Å². The fourth-order valence-electron chi connectivity index (χ4n) is 3.94. The van der Waals surface area contributed by atoms with Gasteiger partial charge in [-0.1, -0.05) is 26.0 Å². The minimum Gasteiger partial charge on any atom is -0.467 e. The Balaban J connectivity index is 1.93. The van der Waals surface area contributed by atoms with Crippen molar-refractivity contribution in [2.75, 3.05) is 20.3 Å². The molecule has 3 atom stereocenters. The van der Waals surface area contributed by atoms with Gasteiger partial charge in [-0.3, -0.25) is 4.79 Å². The lowest BCUT2D eigenvalue weighted by atomic mass is 9.85. The number of ether oxygens (including phenoxy) is 2. The van der Waals surface area contributed by atoms with E-state index in [1.807, 2.05) is 27.0 Å². The van der Waals surface area contributed by atoms with Crippen LogP contribution in [0.15, 0.2) is 6.20 Å². The number of esters is 1.